The van der Waals surface area contributed by atoms with E-state index in [1.165, 1.54) is 0 Å². The molecule has 1 heterocycles. The highest BCUT2D eigenvalue weighted by atomic mass is 32.2. The summed E-state index contributed by atoms with van der Waals surface area (Å²) < 4.78 is 4.96. The minimum Gasteiger partial charge on any atom is -0.481 e. The molecule has 0 aromatic rings. The highest BCUT2D eigenvalue weighted by Gasteiger charge is 2.27. The van der Waals surface area contributed by atoms with E-state index in [4.69, 9.17) is 9.84 Å². The summed E-state index contributed by atoms with van der Waals surface area (Å²) >= 11 is 1.10. The van der Waals surface area contributed by atoms with Crippen LogP contribution in [0.15, 0.2) is 0 Å². The molecule has 0 aromatic carbocycles. The highest BCUT2D eigenvalue weighted by molar-refractivity contribution is 8.00. The SMILES string of the molecule is CCOC(=O)C1CCN(C(=O)CSCC(=O)O)CC1. The van der Waals surface area contributed by atoms with Crippen molar-refractivity contribution in [1.82, 2.24) is 4.90 Å². The molecule has 0 aliphatic carbocycles. The molecule has 0 saturated carbocycles. The van der Waals surface area contributed by atoms with Crippen LogP contribution < -0.4 is 0 Å². The molecular weight excluding hydrogens is 270 g/mol. The molecule has 1 amide bonds. The van der Waals surface area contributed by atoms with Gasteiger partial charge in [-0.25, -0.2) is 0 Å². The molecule has 0 bridgehead atoms. The summed E-state index contributed by atoms with van der Waals surface area (Å²) in [6.45, 7) is 3.23. The van der Waals surface area contributed by atoms with Gasteiger partial charge in [0, 0.05) is 13.1 Å². The second kappa shape index (κ2) is 8.04. The van der Waals surface area contributed by atoms with E-state index in [1.54, 1.807) is 11.8 Å². The lowest BCUT2D eigenvalue weighted by molar-refractivity contribution is -0.151. The Balaban J connectivity index is 2.27. The number of carbonyl (C=O) groups is 3. The maximum absolute atomic E-state index is 11.8. The lowest BCUT2D eigenvalue weighted by Crippen LogP contribution is -2.41. The van der Waals surface area contributed by atoms with Crippen molar-refractivity contribution in [3.8, 4) is 0 Å². The molecule has 1 rings (SSSR count). The van der Waals surface area contributed by atoms with Gasteiger partial charge in [-0.2, -0.15) is 0 Å². The number of hydrogen-bond acceptors (Lipinski definition) is 5. The molecule has 6 nitrogen and oxygen atoms in total. The predicted octanol–water partition coefficient (Wildman–Crippen LogP) is 0.606. The highest BCUT2D eigenvalue weighted by Crippen LogP contribution is 2.19. The van der Waals surface area contributed by atoms with Crippen molar-refractivity contribution in [2.75, 3.05) is 31.2 Å². The van der Waals surface area contributed by atoms with E-state index >= 15 is 0 Å². The number of esters is 1. The van der Waals surface area contributed by atoms with Crippen LogP contribution in [0.4, 0.5) is 0 Å². The Kier molecular flexibility index (Phi) is 6.69. The van der Waals surface area contributed by atoms with E-state index < -0.39 is 5.97 Å². The number of ether oxygens (including phenoxy) is 1. The fourth-order valence-electron chi connectivity index (χ4n) is 1.94. The molecule has 0 atom stereocenters. The Hall–Kier alpha value is -1.24. The third-order valence-electron chi connectivity index (χ3n) is 2.92. The Morgan fingerprint density at radius 1 is 1.26 bits per heavy atom. The molecule has 7 heteroatoms. The van der Waals surface area contributed by atoms with Crippen LogP contribution in [0.5, 0.6) is 0 Å². The van der Waals surface area contributed by atoms with Gasteiger partial charge in [0.1, 0.15) is 0 Å². The summed E-state index contributed by atoms with van der Waals surface area (Å²) in [5.74, 6) is -1.17. The van der Waals surface area contributed by atoms with Gasteiger partial charge in [0.2, 0.25) is 5.91 Å². The van der Waals surface area contributed by atoms with Crippen LogP contribution in [0.2, 0.25) is 0 Å². The lowest BCUT2D eigenvalue weighted by atomic mass is 9.97. The lowest BCUT2D eigenvalue weighted by Gasteiger charge is -2.30. The van der Waals surface area contributed by atoms with Gasteiger partial charge in [0.15, 0.2) is 0 Å². The van der Waals surface area contributed by atoms with E-state index in [2.05, 4.69) is 0 Å². The fraction of sp³-hybridized carbons (Fsp3) is 0.750. The van der Waals surface area contributed by atoms with E-state index in [-0.39, 0.29) is 29.3 Å². The zero-order valence-electron chi connectivity index (χ0n) is 11.0. The molecule has 1 N–H and O–H groups in total. The first-order valence-corrected chi connectivity index (χ1v) is 7.44. The van der Waals surface area contributed by atoms with Gasteiger partial charge >= 0.3 is 11.9 Å². The number of likely N-dealkylation sites (tertiary alicyclic amines) is 1. The minimum atomic E-state index is -0.918. The summed E-state index contributed by atoms with van der Waals surface area (Å²) in [7, 11) is 0. The average molecular weight is 289 g/mol. The van der Waals surface area contributed by atoms with Crippen LogP contribution in [-0.4, -0.2) is 59.1 Å². The van der Waals surface area contributed by atoms with E-state index in [0.717, 1.165) is 11.8 Å². The quantitative estimate of drug-likeness (QED) is 0.721. The summed E-state index contributed by atoms with van der Waals surface area (Å²) in [6.07, 6.45) is 1.24. The summed E-state index contributed by atoms with van der Waals surface area (Å²) in [6, 6.07) is 0. The van der Waals surface area contributed by atoms with Gasteiger partial charge in [-0.3, -0.25) is 14.4 Å². The zero-order chi connectivity index (χ0) is 14.3. The second-order valence-electron chi connectivity index (χ2n) is 4.29. The first-order chi connectivity index (χ1) is 9.04. The maximum Gasteiger partial charge on any atom is 0.313 e. The average Bonchev–Trinajstić information content (AvgIpc) is 2.38. The van der Waals surface area contributed by atoms with Crippen molar-refractivity contribution in [3.05, 3.63) is 0 Å². The molecule has 0 radical (unpaired) electrons. The van der Waals surface area contributed by atoms with Crippen molar-refractivity contribution >= 4 is 29.6 Å². The number of nitrogens with zero attached hydrogens (tertiary/aromatic N) is 1. The number of hydrogen-bond donors (Lipinski definition) is 1. The van der Waals surface area contributed by atoms with Gasteiger partial charge in [-0.15, -0.1) is 11.8 Å². The molecule has 108 valence electrons. The van der Waals surface area contributed by atoms with E-state index in [0.29, 0.717) is 32.5 Å². The minimum absolute atomic E-state index is 0.0615. The van der Waals surface area contributed by atoms with Gasteiger partial charge in [-0.05, 0) is 19.8 Å². The first kappa shape index (κ1) is 15.8. The van der Waals surface area contributed by atoms with Crippen LogP contribution in [0.1, 0.15) is 19.8 Å². The fourth-order valence-corrected chi connectivity index (χ4v) is 2.58. The van der Waals surface area contributed by atoms with Crippen LogP contribution in [0.3, 0.4) is 0 Å². The normalized spacial score (nSPS) is 16.2. The van der Waals surface area contributed by atoms with Crippen LogP contribution in [0.25, 0.3) is 0 Å². The van der Waals surface area contributed by atoms with Crippen molar-refractivity contribution < 1.29 is 24.2 Å². The molecule has 0 unspecified atom stereocenters. The van der Waals surface area contributed by atoms with Crippen molar-refractivity contribution in [2.24, 2.45) is 5.92 Å². The Bertz CT molecular complexity index is 339. The number of aliphatic carboxylic acids is 1. The van der Waals surface area contributed by atoms with Crippen molar-refractivity contribution in [1.29, 1.82) is 0 Å². The predicted molar refractivity (Wildman–Crippen MR) is 70.9 cm³/mol. The third-order valence-corrected chi connectivity index (χ3v) is 3.82. The molecule has 1 fully saturated rings. The molecule has 1 aliphatic rings. The van der Waals surface area contributed by atoms with Gasteiger partial charge in [0.05, 0.1) is 24.0 Å². The Labute approximate surface area is 116 Å². The van der Waals surface area contributed by atoms with Crippen LogP contribution >= 0.6 is 11.8 Å². The van der Waals surface area contributed by atoms with Gasteiger partial charge in [-0.1, -0.05) is 0 Å². The number of piperidine rings is 1. The van der Waals surface area contributed by atoms with Crippen LogP contribution in [-0.2, 0) is 19.1 Å². The molecule has 0 aromatic heterocycles. The van der Waals surface area contributed by atoms with Gasteiger partial charge < -0.3 is 14.7 Å². The van der Waals surface area contributed by atoms with E-state index in [1.807, 2.05) is 0 Å². The van der Waals surface area contributed by atoms with Crippen molar-refractivity contribution in [2.45, 2.75) is 19.8 Å². The molecule has 1 aliphatic heterocycles. The molecule has 0 spiro atoms. The standard InChI is InChI=1S/C12H19NO5S/c1-2-18-12(17)9-3-5-13(6-4-9)10(14)7-19-8-11(15)16/h9H,2-8H2,1H3,(H,15,16). The smallest absolute Gasteiger partial charge is 0.313 e. The second-order valence-corrected chi connectivity index (χ2v) is 5.28. The largest absolute Gasteiger partial charge is 0.481 e. The Morgan fingerprint density at radius 3 is 2.42 bits per heavy atom. The van der Waals surface area contributed by atoms with Crippen molar-refractivity contribution in [3.63, 3.8) is 0 Å². The molecule has 19 heavy (non-hydrogen) atoms. The number of carboxylic acid groups (broad SMARTS) is 1. The molecule has 1 saturated heterocycles. The summed E-state index contributed by atoms with van der Waals surface area (Å²) in [5.41, 5.74) is 0. The zero-order valence-corrected chi connectivity index (χ0v) is 11.8. The summed E-state index contributed by atoms with van der Waals surface area (Å²) in [5, 5.41) is 8.49. The molecular formula is C12H19NO5S. The number of carbonyl (C=O) groups excluding carboxylic acids is 2. The topological polar surface area (TPSA) is 83.9 Å². The number of carboxylic acids is 1. The third kappa shape index (κ3) is 5.50. The van der Waals surface area contributed by atoms with E-state index in [9.17, 15) is 14.4 Å². The number of rotatable bonds is 6. The van der Waals surface area contributed by atoms with Crippen LogP contribution in [0, 0.1) is 5.92 Å². The maximum atomic E-state index is 11.8. The first-order valence-electron chi connectivity index (χ1n) is 6.28. The summed E-state index contributed by atoms with van der Waals surface area (Å²) in [4.78, 5) is 35.3. The number of thioether (sulfide) groups is 1. The Morgan fingerprint density at radius 2 is 1.89 bits per heavy atom. The van der Waals surface area contributed by atoms with Gasteiger partial charge in [0.25, 0.3) is 0 Å². The monoisotopic (exact) mass is 289 g/mol. The number of amides is 1.